The normalized spacial score (nSPS) is 10.9. The Morgan fingerprint density at radius 1 is 1.21 bits per heavy atom. The molecule has 9 heteroatoms. The van der Waals surface area contributed by atoms with Gasteiger partial charge in [0.15, 0.2) is 5.65 Å². The lowest BCUT2D eigenvalue weighted by molar-refractivity contribution is -0.113. The number of nitrogens with one attached hydrogen (secondary N) is 1. The van der Waals surface area contributed by atoms with Gasteiger partial charge in [-0.1, -0.05) is 29.4 Å². The van der Waals surface area contributed by atoms with Crippen LogP contribution in [0.1, 0.15) is 5.56 Å². The zero-order valence-electron chi connectivity index (χ0n) is 14.8. The molecule has 0 aliphatic heterocycles. The highest BCUT2D eigenvalue weighted by Gasteiger charge is 2.12. The maximum absolute atomic E-state index is 12.3. The van der Waals surface area contributed by atoms with E-state index in [1.165, 1.54) is 11.8 Å². The largest absolute Gasteiger partial charge is 0.325 e. The molecule has 4 rings (SSSR count). The van der Waals surface area contributed by atoms with Crippen LogP contribution in [0.15, 0.2) is 60.0 Å². The molecule has 1 N–H and O–H groups in total. The van der Waals surface area contributed by atoms with Gasteiger partial charge in [0, 0.05) is 28.7 Å². The number of anilines is 1. The summed E-state index contributed by atoms with van der Waals surface area (Å²) in [5.74, 6) is 0.00976. The fraction of sp³-hybridized carbons (Fsp3) is 0.105. The zero-order valence-corrected chi connectivity index (χ0v) is 16.4. The number of thioether (sulfide) groups is 1. The summed E-state index contributed by atoms with van der Waals surface area (Å²) in [6, 6.07) is 12.9. The number of amides is 1. The summed E-state index contributed by atoms with van der Waals surface area (Å²) in [7, 11) is 0. The molecule has 140 valence electrons. The van der Waals surface area contributed by atoms with Crippen molar-refractivity contribution in [1.82, 2.24) is 24.8 Å². The van der Waals surface area contributed by atoms with Gasteiger partial charge in [0.05, 0.1) is 11.4 Å². The molecule has 3 heterocycles. The maximum atomic E-state index is 12.3. The second-order valence-corrected chi connectivity index (χ2v) is 7.36. The van der Waals surface area contributed by atoms with Gasteiger partial charge in [0.2, 0.25) is 11.1 Å². The molecule has 3 aromatic heterocycles. The fourth-order valence-corrected chi connectivity index (χ4v) is 3.39. The number of carbonyl (C=O) groups excluding carboxylic acids is 1. The Hall–Kier alpha value is -2.97. The number of carbonyl (C=O) groups is 1. The Labute approximate surface area is 170 Å². The van der Waals surface area contributed by atoms with E-state index >= 15 is 0 Å². The van der Waals surface area contributed by atoms with Crippen LogP contribution in [-0.4, -0.2) is 36.5 Å². The third kappa shape index (κ3) is 3.97. The van der Waals surface area contributed by atoms with E-state index in [1.807, 2.05) is 43.3 Å². The number of fused-ring (bicyclic) bond motifs is 1. The topological polar surface area (TPSA) is 85.1 Å². The second-order valence-electron chi connectivity index (χ2n) is 6.01. The quantitative estimate of drug-likeness (QED) is 0.502. The average Bonchev–Trinajstić information content (AvgIpc) is 3.12. The molecule has 0 spiro atoms. The van der Waals surface area contributed by atoms with E-state index in [4.69, 9.17) is 11.6 Å². The SMILES string of the molecule is Cc1ccc(NC(=O)CSc2nnc3ccc(-c4cccnc4)nn23)cc1Cl. The van der Waals surface area contributed by atoms with Gasteiger partial charge in [-0.05, 0) is 48.9 Å². The number of benzene rings is 1. The summed E-state index contributed by atoms with van der Waals surface area (Å²) in [5, 5.41) is 16.8. The van der Waals surface area contributed by atoms with Crippen LogP contribution in [0.4, 0.5) is 5.69 Å². The predicted molar refractivity (Wildman–Crippen MR) is 110 cm³/mol. The van der Waals surface area contributed by atoms with Crippen LogP contribution >= 0.6 is 23.4 Å². The first-order valence-corrected chi connectivity index (χ1v) is 9.78. The zero-order chi connectivity index (χ0) is 19.5. The minimum Gasteiger partial charge on any atom is -0.325 e. The highest BCUT2D eigenvalue weighted by molar-refractivity contribution is 7.99. The molecule has 0 radical (unpaired) electrons. The lowest BCUT2D eigenvalue weighted by Gasteiger charge is -2.06. The molecule has 0 atom stereocenters. The Bertz CT molecular complexity index is 1150. The van der Waals surface area contributed by atoms with Crippen molar-refractivity contribution in [2.45, 2.75) is 12.1 Å². The van der Waals surface area contributed by atoms with Crippen LogP contribution < -0.4 is 5.32 Å². The number of nitrogens with zero attached hydrogens (tertiary/aromatic N) is 5. The molecule has 1 aromatic carbocycles. The molecule has 1 amide bonds. The molecule has 4 aromatic rings. The third-order valence-electron chi connectivity index (χ3n) is 3.98. The summed E-state index contributed by atoms with van der Waals surface area (Å²) in [6.45, 7) is 1.91. The van der Waals surface area contributed by atoms with Gasteiger partial charge in [-0.3, -0.25) is 9.78 Å². The Kier molecular flexibility index (Phi) is 5.23. The molecule has 28 heavy (non-hydrogen) atoms. The van der Waals surface area contributed by atoms with Crippen molar-refractivity contribution in [2.75, 3.05) is 11.1 Å². The number of halogens is 1. The first-order valence-electron chi connectivity index (χ1n) is 8.42. The first kappa shape index (κ1) is 18.4. The maximum Gasteiger partial charge on any atom is 0.234 e. The standard InChI is InChI=1S/C19H15ClN6OS/c1-12-4-5-14(9-15(12)20)22-18(27)11-28-19-24-23-17-7-6-16(25-26(17)19)13-3-2-8-21-10-13/h2-10H,11H2,1H3,(H,22,27). The lowest BCUT2D eigenvalue weighted by Crippen LogP contribution is -2.14. The van der Waals surface area contributed by atoms with Crippen molar-refractivity contribution in [3.8, 4) is 11.3 Å². The Balaban J connectivity index is 1.48. The predicted octanol–water partition coefficient (Wildman–Crippen LogP) is 3.88. The van der Waals surface area contributed by atoms with Crippen molar-refractivity contribution >= 4 is 40.6 Å². The Morgan fingerprint density at radius 3 is 2.89 bits per heavy atom. The smallest absolute Gasteiger partial charge is 0.234 e. The van der Waals surface area contributed by atoms with Crippen LogP contribution in [0.5, 0.6) is 0 Å². The van der Waals surface area contributed by atoms with Gasteiger partial charge < -0.3 is 5.32 Å². The molecular weight excluding hydrogens is 396 g/mol. The Morgan fingerprint density at radius 2 is 2.11 bits per heavy atom. The number of hydrogen-bond acceptors (Lipinski definition) is 6. The number of hydrogen-bond donors (Lipinski definition) is 1. The summed E-state index contributed by atoms with van der Waals surface area (Å²) in [5.41, 5.74) is 3.87. The first-order chi connectivity index (χ1) is 13.6. The van der Waals surface area contributed by atoms with Gasteiger partial charge >= 0.3 is 0 Å². The van der Waals surface area contributed by atoms with E-state index in [2.05, 4.69) is 25.6 Å². The van der Waals surface area contributed by atoms with Crippen molar-refractivity contribution in [3.05, 3.63) is 65.4 Å². The van der Waals surface area contributed by atoms with Crippen molar-refractivity contribution in [3.63, 3.8) is 0 Å². The summed E-state index contributed by atoms with van der Waals surface area (Å²) < 4.78 is 1.63. The average molecular weight is 411 g/mol. The van der Waals surface area contributed by atoms with Crippen molar-refractivity contribution < 1.29 is 4.79 Å². The number of aryl methyl sites for hydroxylation is 1. The number of rotatable bonds is 5. The van der Waals surface area contributed by atoms with E-state index in [0.29, 0.717) is 21.5 Å². The van der Waals surface area contributed by atoms with Crippen molar-refractivity contribution in [1.29, 1.82) is 0 Å². The summed E-state index contributed by atoms with van der Waals surface area (Å²) in [4.78, 5) is 16.4. The second kappa shape index (κ2) is 7.95. The molecular formula is C19H15ClN6OS. The monoisotopic (exact) mass is 410 g/mol. The van der Waals surface area contributed by atoms with Gasteiger partial charge in [-0.2, -0.15) is 9.61 Å². The molecule has 0 aliphatic rings. The highest BCUT2D eigenvalue weighted by Crippen LogP contribution is 2.22. The number of pyridine rings is 1. The van der Waals surface area contributed by atoms with Crippen molar-refractivity contribution in [2.24, 2.45) is 0 Å². The van der Waals surface area contributed by atoms with E-state index in [-0.39, 0.29) is 11.7 Å². The van der Waals surface area contributed by atoms with Gasteiger partial charge in [-0.15, -0.1) is 10.2 Å². The van der Waals surface area contributed by atoms with Gasteiger partial charge in [0.1, 0.15) is 0 Å². The molecule has 0 fully saturated rings. The van der Waals surface area contributed by atoms with Crippen LogP contribution in [0.2, 0.25) is 5.02 Å². The molecule has 0 saturated heterocycles. The van der Waals surface area contributed by atoms with Gasteiger partial charge in [0.25, 0.3) is 0 Å². The molecule has 0 aliphatic carbocycles. The molecule has 0 bridgehead atoms. The number of aromatic nitrogens is 5. The van der Waals surface area contributed by atoms with Crippen LogP contribution in [-0.2, 0) is 4.79 Å². The van der Waals surface area contributed by atoms with Crippen LogP contribution in [0, 0.1) is 6.92 Å². The molecule has 0 unspecified atom stereocenters. The van der Waals surface area contributed by atoms with Gasteiger partial charge in [-0.25, -0.2) is 0 Å². The van der Waals surface area contributed by atoms with Crippen LogP contribution in [0.25, 0.3) is 16.9 Å². The van der Waals surface area contributed by atoms with E-state index < -0.39 is 0 Å². The minimum atomic E-state index is -0.162. The molecule has 7 nitrogen and oxygen atoms in total. The fourth-order valence-electron chi connectivity index (χ4n) is 2.53. The minimum absolute atomic E-state index is 0.162. The summed E-state index contributed by atoms with van der Waals surface area (Å²) >= 11 is 7.36. The molecule has 0 saturated carbocycles. The lowest BCUT2D eigenvalue weighted by atomic mass is 10.2. The van der Waals surface area contributed by atoms with E-state index in [9.17, 15) is 4.79 Å². The van der Waals surface area contributed by atoms with Crippen LogP contribution in [0.3, 0.4) is 0 Å². The van der Waals surface area contributed by atoms with E-state index in [0.717, 1.165) is 16.8 Å². The summed E-state index contributed by atoms with van der Waals surface area (Å²) in [6.07, 6.45) is 3.45. The van der Waals surface area contributed by atoms with E-state index in [1.54, 1.807) is 23.0 Å². The highest BCUT2D eigenvalue weighted by atomic mass is 35.5. The third-order valence-corrected chi connectivity index (χ3v) is 5.31.